The van der Waals surface area contributed by atoms with Gasteiger partial charge in [-0.05, 0) is 12.5 Å². The monoisotopic (exact) mass is 238 g/mol. The number of nitrogens with one attached hydrogen (secondary N) is 1. The largest absolute Gasteiger partial charge is 0.374 e. The average Bonchev–Trinajstić information content (AvgIpc) is 2.31. The minimum Gasteiger partial charge on any atom is -0.374 e. The summed E-state index contributed by atoms with van der Waals surface area (Å²) in [6.45, 7) is 2.91. The highest BCUT2D eigenvalue weighted by molar-refractivity contribution is 7.99. The smallest absolute Gasteiger partial charge is 0.0873 e. The molecule has 0 aromatic heterocycles. The molecule has 1 aliphatic heterocycles. The summed E-state index contributed by atoms with van der Waals surface area (Å²) >= 11 is 1.93. The molecule has 2 rings (SSSR count). The lowest BCUT2D eigenvalue weighted by Crippen LogP contribution is -2.41. The maximum Gasteiger partial charge on any atom is 0.0873 e. The van der Waals surface area contributed by atoms with E-state index in [0.717, 1.165) is 18.1 Å². The molecule has 2 unspecified atom stereocenters. The van der Waals surface area contributed by atoms with Crippen molar-refractivity contribution in [2.75, 3.05) is 18.1 Å². The number of ether oxygens (including phenoxy) is 1. The second kappa shape index (κ2) is 5.68. The third kappa shape index (κ3) is 2.77. The summed E-state index contributed by atoms with van der Waals surface area (Å²) in [7, 11) is 0. The second-order valence-electron chi connectivity index (χ2n) is 4.04. The van der Waals surface area contributed by atoms with Crippen LogP contribution in [0.25, 0.3) is 0 Å². The molecule has 3 N–H and O–H groups in total. The lowest BCUT2D eigenvalue weighted by molar-refractivity contribution is 0.0468. The quantitative estimate of drug-likeness (QED) is 0.621. The fraction of sp³-hybridized carbons (Fsp3) is 0.500. The van der Waals surface area contributed by atoms with Gasteiger partial charge in [0.25, 0.3) is 0 Å². The van der Waals surface area contributed by atoms with Gasteiger partial charge in [0.05, 0.1) is 18.8 Å². The molecule has 16 heavy (non-hydrogen) atoms. The molecule has 1 heterocycles. The Bertz CT molecular complexity index is 340. The molecule has 1 aliphatic rings. The zero-order chi connectivity index (χ0) is 11.4. The molecule has 1 saturated heterocycles. The molecule has 1 fully saturated rings. The van der Waals surface area contributed by atoms with Gasteiger partial charge in [-0.3, -0.25) is 11.3 Å². The van der Waals surface area contributed by atoms with E-state index in [2.05, 4.69) is 36.6 Å². The summed E-state index contributed by atoms with van der Waals surface area (Å²) < 4.78 is 5.76. The zero-order valence-corrected chi connectivity index (χ0v) is 10.3. The fourth-order valence-electron chi connectivity index (χ4n) is 1.98. The van der Waals surface area contributed by atoms with Crippen LogP contribution in [0, 0.1) is 6.92 Å². The number of thioether (sulfide) groups is 1. The Balaban J connectivity index is 2.14. The Hall–Kier alpha value is -0.550. The Morgan fingerprint density at radius 2 is 2.44 bits per heavy atom. The van der Waals surface area contributed by atoms with Crippen LogP contribution < -0.4 is 11.3 Å². The van der Waals surface area contributed by atoms with Crippen molar-refractivity contribution in [3.05, 3.63) is 35.4 Å². The van der Waals surface area contributed by atoms with Crippen LogP contribution in [-0.2, 0) is 4.74 Å². The number of nitrogens with two attached hydrogens (primary N) is 1. The number of hydrogen-bond donors (Lipinski definition) is 2. The van der Waals surface area contributed by atoms with E-state index < -0.39 is 0 Å². The summed E-state index contributed by atoms with van der Waals surface area (Å²) in [4.78, 5) is 0. The lowest BCUT2D eigenvalue weighted by Gasteiger charge is -2.30. The van der Waals surface area contributed by atoms with Crippen molar-refractivity contribution in [3.8, 4) is 0 Å². The van der Waals surface area contributed by atoms with Gasteiger partial charge in [-0.15, -0.1) is 0 Å². The van der Waals surface area contributed by atoms with Crippen LogP contribution in [0.4, 0.5) is 0 Å². The summed E-state index contributed by atoms with van der Waals surface area (Å²) in [6.07, 6.45) is 0.172. The minimum atomic E-state index is 0.0905. The van der Waals surface area contributed by atoms with Gasteiger partial charge >= 0.3 is 0 Å². The number of aryl methyl sites for hydroxylation is 1. The van der Waals surface area contributed by atoms with Gasteiger partial charge in [0.1, 0.15) is 0 Å². The number of hydrogen-bond acceptors (Lipinski definition) is 4. The first-order valence-corrected chi connectivity index (χ1v) is 6.69. The molecule has 0 aliphatic carbocycles. The molecule has 1 aromatic carbocycles. The number of benzene rings is 1. The Morgan fingerprint density at radius 3 is 3.06 bits per heavy atom. The van der Waals surface area contributed by atoms with E-state index >= 15 is 0 Å². The highest BCUT2D eigenvalue weighted by Crippen LogP contribution is 2.25. The van der Waals surface area contributed by atoms with Crippen LogP contribution in [0.1, 0.15) is 17.2 Å². The molecule has 1 aromatic rings. The standard InChI is InChI=1S/C12H18N2OS/c1-9-3-2-4-10(7-9)12(14-13)11-8-16-6-5-15-11/h2-4,7,11-12,14H,5-6,8,13H2,1H3. The molecule has 88 valence electrons. The molecule has 0 radical (unpaired) electrons. The van der Waals surface area contributed by atoms with E-state index in [9.17, 15) is 0 Å². The van der Waals surface area contributed by atoms with Gasteiger partial charge in [0, 0.05) is 11.5 Å². The summed E-state index contributed by atoms with van der Waals surface area (Å²) in [5.41, 5.74) is 5.33. The van der Waals surface area contributed by atoms with Crippen LogP contribution in [0.15, 0.2) is 24.3 Å². The van der Waals surface area contributed by atoms with Crippen LogP contribution >= 0.6 is 11.8 Å². The molecule has 0 saturated carbocycles. The van der Waals surface area contributed by atoms with Gasteiger partial charge in [-0.25, -0.2) is 0 Å². The summed E-state index contributed by atoms with van der Waals surface area (Å²) in [5.74, 6) is 7.73. The Morgan fingerprint density at radius 1 is 1.56 bits per heavy atom. The molecule has 2 atom stereocenters. The van der Waals surface area contributed by atoms with Crippen molar-refractivity contribution >= 4 is 11.8 Å². The zero-order valence-electron chi connectivity index (χ0n) is 9.48. The second-order valence-corrected chi connectivity index (χ2v) is 5.19. The van der Waals surface area contributed by atoms with Crippen molar-refractivity contribution < 1.29 is 4.74 Å². The van der Waals surface area contributed by atoms with Gasteiger partial charge in [-0.1, -0.05) is 29.8 Å². The Kier molecular flexibility index (Phi) is 4.23. The van der Waals surface area contributed by atoms with Crippen LogP contribution in [-0.4, -0.2) is 24.2 Å². The molecule has 3 nitrogen and oxygen atoms in total. The third-order valence-corrected chi connectivity index (χ3v) is 3.81. The van der Waals surface area contributed by atoms with E-state index in [1.165, 1.54) is 11.1 Å². The molecule has 0 bridgehead atoms. The number of rotatable bonds is 3. The highest BCUT2D eigenvalue weighted by Gasteiger charge is 2.25. The molecular weight excluding hydrogens is 220 g/mol. The van der Waals surface area contributed by atoms with E-state index in [0.29, 0.717) is 0 Å². The average molecular weight is 238 g/mol. The minimum absolute atomic E-state index is 0.0905. The van der Waals surface area contributed by atoms with E-state index in [1.54, 1.807) is 0 Å². The van der Waals surface area contributed by atoms with Gasteiger partial charge < -0.3 is 4.74 Å². The third-order valence-electron chi connectivity index (χ3n) is 2.79. The molecule has 0 spiro atoms. The first kappa shape index (κ1) is 11.9. The maximum absolute atomic E-state index is 5.76. The molecular formula is C12H18N2OS. The lowest BCUT2D eigenvalue weighted by atomic mass is 10.0. The fourth-order valence-corrected chi connectivity index (χ4v) is 2.88. The Labute approximate surface area is 101 Å². The van der Waals surface area contributed by atoms with Crippen LogP contribution in [0.5, 0.6) is 0 Å². The first-order valence-electron chi connectivity index (χ1n) is 5.53. The van der Waals surface area contributed by atoms with Crippen molar-refractivity contribution in [1.29, 1.82) is 0 Å². The molecule has 0 amide bonds. The summed E-state index contributed by atoms with van der Waals surface area (Å²) in [5, 5.41) is 0. The highest BCUT2D eigenvalue weighted by atomic mass is 32.2. The normalized spacial score (nSPS) is 23.0. The van der Waals surface area contributed by atoms with E-state index in [-0.39, 0.29) is 12.1 Å². The predicted molar refractivity (Wildman–Crippen MR) is 68.3 cm³/mol. The van der Waals surface area contributed by atoms with Gasteiger partial charge in [-0.2, -0.15) is 11.8 Å². The maximum atomic E-state index is 5.76. The molecule has 4 heteroatoms. The predicted octanol–water partition coefficient (Wildman–Crippen LogP) is 1.63. The van der Waals surface area contributed by atoms with E-state index in [4.69, 9.17) is 10.6 Å². The van der Waals surface area contributed by atoms with Gasteiger partial charge in [0.15, 0.2) is 0 Å². The number of hydrazine groups is 1. The SMILES string of the molecule is Cc1cccc(C(NN)C2CSCCO2)c1. The van der Waals surface area contributed by atoms with Gasteiger partial charge in [0.2, 0.25) is 0 Å². The van der Waals surface area contributed by atoms with E-state index in [1.807, 2.05) is 11.8 Å². The summed E-state index contributed by atoms with van der Waals surface area (Å²) in [6, 6.07) is 8.50. The van der Waals surface area contributed by atoms with Crippen molar-refractivity contribution in [2.24, 2.45) is 5.84 Å². The van der Waals surface area contributed by atoms with Crippen LogP contribution in [0.2, 0.25) is 0 Å². The topological polar surface area (TPSA) is 47.3 Å². The van der Waals surface area contributed by atoms with Crippen LogP contribution in [0.3, 0.4) is 0 Å². The van der Waals surface area contributed by atoms with Crippen molar-refractivity contribution in [3.63, 3.8) is 0 Å². The van der Waals surface area contributed by atoms with Crippen molar-refractivity contribution in [1.82, 2.24) is 5.43 Å². The van der Waals surface area contributed by atoms with Crippen molar-refractivity contribution in [2.45, 2.75) is 19.1 Å². The first-order chi connectivity index (χ1) is 7.81.